The van der Waals surface area contributed by atoms with Crippen molar-refractivity contribution in [2.24, 2.45) is 0 Å². The van der Waals surface area contributed by atoms with Crippen LogP contribution in [0.3, 0.4) is 0 Å². The Bertz CT molecular complexity index is 758. The Morgan fingerprint density at radius 3 is 2.62 bits per heavy atom. The van der Waals surface area contributed by atoms with Crippen molar-refractivity contribution in [2.45, 2.75) is 12.3 Å². The fourth-order valence-electron chi connectivity index (χ4n) is 2.93. The van der Waals surface area contributed by atoms with Gasteiger partial charge in [-0.2, -0.15) is 0 Å². The molecule has 0 bridgehead atoms. The quantitative estimate of drug-likeness (QED) is 0.852. The summed E-state index contributed by atoms with van der Waals surface area (Å²) in [5.74, 6) is 0.343. The van der Waals surface area contributed by atoms with Gasteiger partial charge in [-0.3, -0.25) is 9.59 Å². The van der Waals surface area contributed by atoms with Crippen LogP contribution in [0.5, 0.6) is 5.75 Å². The van der Waals surface area contributed by atoms with Crippen LogP contribution in [0.1, 0.15) is 27.4 Å². The molecule has 1 atom stereocenters. The molecule has 0 saturated carbocycles. The van der Waals surface area contributed by atoms with Gasteiger partial charge in [0.1, 0.15) is 5.75 Å². The molecule has 1 aliphatic carbocycles. The summed E-state index contributed by atoms with van der Waals surface area (Å²) in [5, 5.41) is 5.50. The minimum Gasteiger partial charge on any atom is -0.496 e. The van der Waals surface area contributed by atoms with E-state index < -0.39 is 0 Å². The van der Waals surface area contributed by atoms with Crippen molar-refractivity contribution in [3.05, 3.63) is 65.2 Å². The first-order valence-electron chi connectivity index (χ1n) is 7.94. The first-order valence-corrected chi connectivity index (χ1v) is 7.94. The Morgan fingerprint density at radius 1 is 1.08 bits per heavy atom. The molecule has 5 heteroatoms. The highest BCUT2D eigenvalue weighted by Gasteiger charge is 2.25. The van der Waals surface area contributed by atoms with E-state index in [0.29, 0.717) is 23.8 Å². The van der Waals surface area contributed by atoms with E-state index in [4.69, 9.17) is 4.74 Å². The predicted octanol–water partition coefficient (Wildman–Crippen LogP) is 1.88. The molecule has 2 N–H and O–H groups in total. The Hall–Kier alpha value is -2.82. The summed E-state index contributed by atoms with van der Waals surface area (Å²) in [6.07, 6.45) is 0.990. The molecule has 2 amide bonds. The van der Waals surface area contributed by atoms with Crippen molar-refractivity contribution in [1.29, 1.82) is 0 Å². The molecular weight excluding hydrogens is 304 g/mol. The van der Waals surface area contributed by atoms with E-state index in [1.54, 1.807) is 24.3 Å². The third-order valence-corrected chi connectivity index (χ3v) is 4.27. The van der Waals surface area contributed by atoms with Gasteiger partial charge in [-0.15, -0.1) is 0 Å². The Labute approximate surface area is 141 Å². The summed E-state index contributed by atoms with van der Waals surface area (Å²) in [4.78, 5) is 24.1. The first-order chi connectivity index (χ1) is 11.7. The molecule has 2 aromatic carbocycles. The Kier molecular flexibility index (Phi) is 4.79. The van der Waals surface area contributed by atoms with Gasteiger partial charge < -0.3 is 15.4 Å². The summed E-state index contributed by atoms with van der Waals surface area (Å²) >= 11 is 0. The highest BCUT2D eigenvalue weighted by molar-refractivity contribution is 5.98. The molecule has 3 rings (SSSR count). The molecule has 24 heavy (non-hydrogen) atoms. The molecule has 0 heterocycles. The van der Waals surface area contributed by atoms with Crippen LogP contribution in [-0.4, -0.2) is 32.0 Å². The minimum atomic E-state index is -0.323. The number of carbonyl (C=O) groups excluding carboxylic acids is 2. The number of carbonyl (C=O) groups is 2. The molecule has 1 aliphatic rings. The average molecular weight is 324 g/mol. The van der Waals surface area contributed by atoms with Gasteiger partial charge >= 0.3 is 0 Å². The van der Waals surface area contributed by atoms with E-state index in [1.165, 1.54) is 18.2 Å². The Morgan fingerprint density at radius 2 is 1.83 bits per heavy atom. The SMILES string of the molecule is COc1ccccc1C(=O)NCC(=O)NC[C@H]1Cc2ccccc21. The first kappa shape index (κ1) is 16.1. The molecule has 0 fully saturated rings. The van der Waals surface area contributed by atoms with Crippen molar-refractivity contribution in [1.82, 2.24) is 10.6 Å². The van der Waals surface area contributed by atoms with Gasteiger partial charge in [0.15, 0.2) is 0 Å². The third kappa shape index (κ3) is 3.40. The van der Waals surface area contributed by atoms with Gasteiger partial charge in [0.05, 0.1) is 19.2 Å². The number of nitrogens with one attached hydrogen (secondary N) is 2. The number of fused-ring (bicyclic) bond motifs is 1. The minimum absolute atomic E-state index is 0.0503. The van der Waals surface area contributed by atoms with E-state index in [0.717, 1.165) is 6.42 Å². The normalized spacial score (nSPS) is 15.0. The zero-order valence-electron chi connectivity index (χ0n) is 13.5. The molecular formula is C19H20N2O3. The monoisotopic (exact) mass is 324 g/mol. The molecule has 0 saturated heterocycles. The lowest BCUT2D eigenvalue weighted by Crippen LogP contribution is -2.40. The number of rotatable bonds is 6. The summed E-state index contributed by atoms with van der Waals surface area (Å²) in [7, 11) is 1.51. The van der Waals surface area contributed by atoms with Gasteiger partial charge in [0.2, 0.25) is 5.91 Å². The van der Waals surface area contributed by atoms with Crippen LogP contribution in [0.4, 0.5) is 0 Å². The number of ether oxygens (including phenoxy) is 1. The van der Waals surface area contributed by atoms with E-state index in [2.05, 4.69) is 22.8 Å². The largest absolute Gasteiger partial charge is 0.496 e. The van der Waals surface area contributed by atoms with Gasteiger partial charge in [0, 0.05) is 12.5 Å². The van der Waals surface area contributed by atoms with Crippen molar-refractivity contribution < 1.29 is 14.3 Å². The molecule has 0 aliphatic heterocycles. The van der Waals surface area contributed by atoms with Crippen molar-refractivity contribution in [3.63, 3.8) is 0 Å². The van der Waals surface area contributed by atoms with Crippen LogP contribution in [0.2, 0.25) is 0 Å². The number of methoxy groups -OCH3 is 1. The highest BCUT2D eigenvalue weighted by atomic mass is 16.5. The lowest BCUT2D eigenvalue weighted by molar-refractivity contribution is -0.120. The number of hydrogen-bond donors (Lipinski definition) is 2. The topological polar surface area (TPSA) is 67.4 Å². The fourth-order valence-corrected chi connectivity index (χ4v) is 2.93. The molecule has 0 spiro atoms. The van der Waals surface area contributed by atoms with Crippen LogP contribution in [0, 0.1) is 0 Å². The van der Waals surface area contributed by atoms with Crippen LogP contribution < -0.4 is 15.4 Å². The van der Waals surface area contributed by atoms with Crippen molar-refractivity contribution >= 4 is 11.8 Å². The van der Waals surface area contributed by atoms with Crippen LogP contribution in [0.15, 0.2) is 48.5 Å². The lowest BCUT2D eigenvalue weighted by atomic mass is 9.77. The summed E-state index contributed by atoms with van der Waals surface area (Å²) in [6.45, 7) is 0.547. The number of para-hydroxylation sites is 1. The smallest absolute Gasteiger partial charge is 0.255 e. The van der Waals surface area contributed by atoms with E-state index in [1.807, 2.05) is 12.1 Å². The van der Waals surface area contributed by atoms with Gasteiger partial charge in [-0.05, 0) is 29.7 Å². The highest BCUT2D eigenvalue weighted by Crippen LogP contribution is 2.33. The van der Waals surface area contributed by atoms with Crippen LogP contribution in [-0.2, 0) is 11.2 Å². The lowest BCUT2D eigenvalue weighted by Gasteiger charge is -2.30. The molecule has 0 aromatic heterocycles. The molecule has 5 nitrogen and oxygen atoms in total. The second-order valence-electron chi connectivity index (χ2n) is 5.79. The molecule has 0 unspecified atom stereocenters. The number of hydrogen-bond acceptors (Lipinski definition) is 3. The van der Waals surface area contributed by atoms with Gasteiger partial charge in [-0.1, -0.05) is 36.4 Å². The molecule has 2 aromatic rings. The van der Waals surface area contributed by atoms with E-state index in [-0.39, 0.29) is 18.4 Å². The third-order valence-electron chi connectivity index (χ3n) is 4.27. The maximum absolute atomic E-state index is 12.1. The van der Waals surface area contributed by atoms with Crippen LogP contribution >= 0.6 is 0 Å². The van der Waals surface area contributed by atoms with Gasteiger partial charge in [0.25, 0.3) is 5.91 Å². The fraction of sp³-hybridized carbons (Fsp3) is 0.263. The Balaban J connectivity index is 1.45. The number of benzene rings is 2. The predicted molar refractivity (Wildman–Crippen MR) is 91.2 cm³/mol. The number of amides is 2. The summed E-state index contributed by atoms with van der Waals surface area (Å²) < 4.78 is 5.15. The molecule has 124 valence electrons. The second kappa shape index (κ2) is 7.17. The van der Waals surface area contributed by atoms with Crippen molar-refractivity contribution in [3.8, 4) is 5.75 Å². The maximum atomic E-state index is 12.1. The summed E-state index contributed by atoms with van der Waals surface area (Å²) in [6, 6.07) is 15.2. The van der Waals surface area contributed by atoms with Gasteiger partial charge in [-0.25, -0.2) is 0 Å². The zero-order valence-corrected chi connectivity index (χ0v) is 13.5. The summed E-state index contributed by atoms with van der Waals surface area (Å²) in [5.41, 5.74) is 3.07. The molecule has 0 radical (unpaired) electrons. The van der Waals surface area contributed by atoms with E-state index in [9.17, 15) is 9.59 Å². The second-order valence-corrected chi connectivity index (χ2v) is 5.79. The van der Waals surface area contributed by atoms with Crippen LogP contribution in [0.25, 0.3) is 0 Å². The standard InChI is InChI=1S/C19H20N2O3/c1-24-17-9-5-4-8-16(17)19(23)21-12-18(22)20-11-14-10-13-6-2-3-7-15(13)14/h2-9,14H,10-12H2,1H3,(H,20,22)(H,21,23)/t14-/m1/s1. The van der Waals surface area contributed by atoms with E-state index >= 15 is 0 Å². The maximum Gasteiger partial charge on any atom is 0.255 e. The zero-order chi connectivity index (χ0) is 16.9. The average Bonchev–Trinajstić information content (AvgIpc) is 2.60. The van der Waals surface area contributed by atoms with Crippen molar-refractivity contribution in [2.75, 3.05) is 20.2 Å².